The highest BCUT2D eigenvalue weighted by Gasteiger charge is 2.49. The number of rotatable bonds is 6. The van der Waals surface area contributed by atoms with Gasteiger partial charge in [0.2, 0.25) is 0 Å². The van der Waals surface area contributed by atoms with Gasteiger partial charge >= 0.3 is 18.3 Å². The molecule has 0 bridgehead atoms. The van der Waals surface area contributed by atoms with Gasteiger partial charge in [-0.3, -0.25) is 9.48 Å². The van der Waals surface area contributed by atoms with Crippen LogP contribution in [0.1, 0.15) is 81.8 Å². The number of benzene rings is 3. The van der Waals surface area contributed by atoms with Crippen molar-refractivity contribution in [1.29, 1.82) is 0 Å². The number of amides is 3. The number of Topliss-reactive ketones (excluding diaryl/α,β-unsaturated/α-hetero) is 1. The van der Waals surface area contributed by atoms with Crippen molar-refractivity contribution in [3.8, 4) is 22.8 Å². The number of aliphatic hydroxyl groups is 1. The molecule has 362 valence electrons. The van der Waals surface area contributed by atoms with E-state index >= 15 is 0 Å². The molecule has 9 rings (SSSR count). The van der Waals surface area contributed by atoms with Crippen LogP contribution in [-0.2, 0) is 33.0 Å². The number of hydrogen-bond donors (Lipinski definition) is 2. The molecular formula is C53H61N6O10+. The summed E-state index contributed by atoms with van der Waals surface area (Å²) in [7, 11) is 0. The van der Waals surface area contributed by atoms with Crippen molar-refractivity contribution < 1.29 is 48.0 Å². The molecule has 2 saturated heterocycles. The lowest BCUT2D eigenvalue weighted by Crippen LogP contribution is -2.53. The molecular weight excluding hydrogens is 881 g/mol. The number of aromatic nitrogens is 2. The minimum absolute atomic E-state index is 0.194. The fourth-order valence-corrected chi connectivity index (χ4v) is 8.65. The molecule has 0 radical (unpaired) electrons. The fourth-order valence-electron chi connectivity index (χ4n) is 8.65. The van der Waals surface area contributed by atoms with E-state index in [0.717, 1.165) is 51.5 Å². The van der Waals surface area contributed by atoms with E-state index in [4.69, 9.17) is 29.5 Å². The molecule has 0 saturated carbocycles. The average molecular weight is 942 g/mol. The Morgan fingerprint density at radius 1 is 0.826 bits per heavy atom. The number of ketones is 1. The lowest BCUT2D eigenvalue weighted by atomic mass is 9.78. The van der Waals surface area contributed by atoms with Crippen LogP contribution >= 0.6 is 0 Å². The third-order valence-corrected chi connectivity index (χ3v) is 12.4. The molecule has 4 aliphatic heterocycles. The van der Waals surface area contributed by atoms with Gasteiger partial charge in [0.1, 0.15) is 59.2 Å². The van der Waals surface area contributed by atoms with E-state index < -0.39 is 29.0 Å². The molecule has 3 amide bonds. The number of ether oxygens (including phenoxy) is 5. The average Bonchev–Trinajstić information content (AvgIpc) is 3.82. The summed E-state index contributed by atoms with van der Waals surface area (Å²) in [5.74, 6) is 6.45. The Kier molecular flexibility index (Phi) is 15.6. The molecule has 2 spiro atoms. The zero-order valence-corrected chi connectivity index (χ0v) is 39.9. The van der Waals surface area contributed by atoms with E-state index in [-0.39, 0.29) is 24.1 Å². The van der Waals surface area contributed by atoms with E-state index in [1.807, 2.05) is 71.6 Å². The van der Waals surface area contributed by atoms with E-state index in [2.05, 4.69) is 24.2 Å². The molecule has 3 aromatic carbocycles. The highest BCUT2D eigenvalue weighted by molar-refractivity contribution is 6.12. The number of likely N-dealkylation sites (tertiary alicyclic amines) is 2. The molecule has 69 heavy (non-hydrogen) atoms. The first kappa shape index (κ1) is 49.5. The zero-order chi connectivity index (χ0) is 49.2. The first-order valence-electron chi connectivity index (χ1n) is 23.3. The third-order valence-electron chi connectivity index (χ3n) is 12.4. The van der Waals surface area contributed by atoms with Crippen molar-refractivity contribution in [2.75, 3.05) is 39.3 Å². The summed E-state index contributed by atoms with van der Waals surface area (Å²) in [6.45, 7) is 12.9. The Labute approximate surface area is 403 Å². The predicted molar refractivity (Wildman–Crippen MR) is 258 cm³/mol. The molecule has 1 aliphatic carbocycles. The Balaban J connectivity index is 0.000000169. The Morgan fingerprint density at radius 3 is 1.97 bits per heavy atom. The maximum atomic E-state index is 12.8. The summed E-state index contributed by atoms with van der Waals surface area (Å²) in [6, 6.07) is 24.9. The van der Waals surface area contributed by atoms with Crippen molar-refractivity contribution >= 4 is 24.1 Å². The minimum atomic E-state index is -0.924. The number of piperidine rings is 2. The molecule has 0 unspecified atom stereocenters. The Bertz CT molecular complexity index is 2600. The van der Waals surface area contributed by atoms with E-state index in [0.29, 0.717) is 76.3 Å². The fraction of sp³-hybridized carbons (Fsp3) is 0.377. The van der Waals surface area contributed by atoms with Crippen LogP contribution in [-0.4, -0.2) is 104 Å². The van der Waals surface area contributed by atoms with Crippen molar-refractivity contribution in [1.82, 2.24) is 24.6 Å². The second-order valence-electron chi connectivity index (χ2n) is 18.0. The largest absolute Gasteiger partial charge is 0.515 e. The number of fused-ring (bicyclic) bond motifs is 5. The SMILES string of the molecule is CCN(N)C(=O)OC(C)(C)C.CCn1ncc2c1-c1ccccc1OC21CCN(C(=O)OCc2ccccc2)CC1.O=C1/C(=C\O)C2(CCN(C(=O)OCC3=CC=[C+]C=C3)CC2)Oc2ccccc21. The standard InChI is InChI=1S/C24H25N3O3.C22H19NO5.C7H16N2O2/c1-2-27-22-19-10-6-7-11-21(19)30-24(20(22)16-25-27)12-14-26(15-13-24)23(28)29-17-18-8-4-3-5-9-18;24-14-18-20(25)17-8-4-5-9-19(17)28-22(18)10-12-23(13-11-22)21(26)27-15-16-6-2-1-3-7-16;1-5-9(8)6(10)11-7(2,3)4/h3-11,16H,2,12-15,17H2,1H3;2-9,14H,10-13,15H2;5,8H2,1-4H3/p+1. The van der Waals surface area contributed by atoms with Gasteiger partial charge in [0, 0.05) is 82.2 Å². The summed E-state index contributed by atoms with van der Waals surface area (Å²) >= 11 is 0. The molecule has 2 fully saturated rings. The maximum Gasteiger partial charge on any atom is 0.424 e. The van der Waals surface area contributed by atoms with Crippen LogP contribution in [0.25, 0.3) is 11.3 Å². The number of aliphatic hydroxyl groups excluding tert-OH is 1. The van der Waals surface area contributed by atoms with Crippen molar-refractivity contribution in [3.63, 3.8) is 0 Å². The van der Waals surface area contributed by atoms with Crippen molar-refractivity contribution in [2.45, 2.75) is 90.3 Å². The van der Waals surface area contributed by atoms with E-state index in [1.54, 1.807) is 73.9 Å². The lowest BCUT2D eigenvalue weighted by molar-refractivity contribution is -0.00663. The highest BCUT2D eigenvalue weighted by atomic mass is 16.6. The number of hydrazine groups is 1. The minimum Gasteiger partial charge on any atom is -0.515 e. The molecule has 0 atom stereocenters. The van der Waals surface area contributed by atoms with Crippen LogP contribution in [0.15, 0.2) is 127 Å². The molecule has 16 heteroatoms. The van der Waals surface area contributed by atoms with Crippen LogP contribution in [0.4, 0.5) is 14.4 Å². The molecule has 4 aromatic rings. The Hall–Kier alpha value is -7.42. The van der Waals surface area contributed by atoms with E-state index in [9.17, 15) is 24.3 Å². The van der Waals surface area contributed by atoms with Gasteiger partial charge in [-0.2, -0.15) is 5.10 Å². The van der Waals surface area contributed by atoms with Gasteiger partial charge in [-0.1, -0.05) is 54.6 Å². The summed E-state index contributed by atoms with van der Waals surface area (Å²) in [5, 5.41) is 15.4. The van der Waals surface area contributed by atoms with Gasteiger partial charge in [0.05, 0.1) is 41.4 Å². The lowest BCUT2D eigenvalue weighted by Gasteiger charge is -2.44. The number of nitrogens with two attached hydrogens (primary N) is 1. The van der Waals surface area contributed by atoms with Crippen LogP contribution in [0.5, 0.6) is 11.5 Å². The molecule has 5 aliphatic rings. The Morgan fingerprint density at radius 2 is 1.39 bits per heavy atom. The number of para-hydroxylation sites is 2. The molecule has 1 aromatic heterocycles. The normalized spacial score (nSPS) is 17.4. The van der Waals surface area contributed by atoms with Crippen LogP contribution < -0.4 is 15.3 Å². The maximum absolute atomic E-state index is 12.8. The topological polar surface area (TPSA) is 188 Å². The van der Waals surface area contributed by atoms with Crippen molar-refractivity contribution in [2.24, 2.45) is 5.84 Å². The van der Waals surface area contributed by atoms with E-state index in [1.165, 1.54) is 0 Å². The van der Waals surface area contributed by atoms with Crippen LogP contribution in [0, 0.1) is 6.08 Å². The highest BCUT2D eigenvalue weighted by Crippen LogP contribution is 2.49. The monoisotopic (exact) mass is 941 g/mol. The van der Waals surface area contributed by atoms with Gasteiger partial charge in [0.15, 0.2) is 5.78 Å². The number of aryl methyl sites for hydroxylation is 1. The van der Waals surface area contributed by atoms with Gasteiger partial charge in [0.25, 0.3) is 0 Å². The first-order chi connectivity index (χ1) is 33.2. The van der Waals surface area contributed by atoms with Gasteiger partial charge < -0.3 is 38.6 Å². The van der Waals surface area contributed by atoms with Crippen molar-refractivity contribution in [3.05, 3.63) is 150 Å². The molecule has 5 heterocycles. The predicted octanol–water partition coefficient (Wildman–Crippen LogP) is 9.24. The third kappa shape index (κ3) is 11.5. The molecule has 3 N–H and O–H groups in total. The van der Waals surface area contributed by atoms with Gasteiger partial charge in [-0.05, 0) is 64.4 Å². The smallest absolute Gasteiger partial charge is 0.424 e. The summed E-state index contributed by atoms with van der Waals surface area (Å²) < 4.78 is 30.6. The van der Waals surface area contributed by atoms with Gasteiger partial charge in [-0.25, -0.2) is 25.2 Å². The first-order valence-corrected chi connectivity index (χ1v) is 23.3. The summed E-state index contributed by atoms with van der Waals surface area (Å²) in [6.07, 6.45) is 14.0. The van der Waals surface area contributed by atoms with Crippen LogP contribution in [0.2, 0.25) is 0 Å². The quantitative estimate of drug-likeness (QED) is 0.0355. The summed E-state index contributed by atoms with van der Waals surface area (Å²) in [4.78, 5) is 52.1. The second kappa shape index (κ2) is 21.7. The van der Waals surface area contributed by atoms with Crippen LogP contribution in [0.3, 0.4) is 0 Å². The molecule has 16 nitrogen and oxygen atoms in total. The summed E-state index contributed by atoms with van der Waals surface area (Å²) in [5.41, 5.74) is 4.06. The number of carbonyl (C=O) groups excluding carboxylic acids is 4. The number of allylic oxidation sites excluding steroid dienone is 4. The van der Waals surface area contributed by atoms with Gasteiger partial charge in [-0.15, -0.1) is 0 Å². The number of carbonyl (C=O) groups is 4. The number of nitrogens with zero attached hydrogens (tertiary/aromatic N) is 5. The number of hydrogen-bond acceptors (Lipinski definition) is 12. The zero-order valence-electron chi connectivity index (χ0n) is 39.9. The second-order valence-corrected chi connectivity index (χ2v) is 18.0.